The van der Waals surface area contributed by atoms with Crippen LogP contribution >= 0.6 is 0 Å². The third-order valence-electron chi connectivity index (χ3n) is 6.62. The van der Waals surface area contributed by atoms with Gasteiger partial charge in [0.15, 0.2) is 6.29 Å². The Labute approximate surface area is 222 Å². The number of epoxide rings is 1. The first-order chi connectivity index (χ1) is 17.3. The summed E-state index contributed by atoms with van der Waals surface area (Å²) in [6.45, 7) is 18.7. The van der Waals surface area contributed by atoms with Gasteiger partial charge in [0.25, 0.3) is 0 Å². The average molecular weight is 509 g/mol. The summed E-state index contributed by atoms with van der Waals surface area (Å²) < 4.78 is 16.0. The van der Waals surface area contributed by atoms with E-state index in [2.05, 4.69) is 75.2 Å². The minimum Gasteiger partial charge on any atom is -0.384 e. The molecule has 6 nitrogen and oxygen atoms in total. The number of allylic oxidation sites excluding steroid dienone is 2. The summed E-state index contributed by atoms with van der Waals surface area (Å²) in [5.74, 6) is 0.249. The van der Waals surface area contributed by atoms with Crippen LogP contribution in [0.1, 0.15) is 73.1 Å². The van der Waals surface area contributed by atoms with Gasteiger partial charge in [-0.05, 0) is 50.5 Å². The molecule has 2 N–H and O–H groups in total. The Kier molecular flexibility index (Phi) is 18.3. The molecule has 3 atom stereocenters. The summed E-state index contributed by atoms with van der Waals surface area (Å²) in [7, 11) is 1.74. The van der Waals surface area contributed by atoms with Crippen molar-refractivity contribution in [3.63, 3.8) is 0 Å². The van der Waals surface area contributed by atoms with Gasteiger partial charge in [-0.2, -0.15) is 0 Å². The Morgan fingerprint density at radius 1 is 1.11 bits per heavy atom. The Bertz CT molecular complexity index is 632. The molecular weight excluding hydrogens is 452 g/mol. The number of methoxy groups -OCH3 is 1. The van der Waals surface area contributed by atoms with E-state index in [-0.39, 0.29) is 17.4 Å². The van der Waals surface area contributed by atoms with Crippen molar-refractivity contribution >= 4 is 0 Å². The van der Waals surface area contributed by atoms with Gasteiger partial charge in [0, 0.05) is 59.0 Å². The summed E-state index contributed by atoms with van der Waals surface area (Å²) in [5, 5.41) is 13.0. The van der Waals surface area contributed by atoms with Crippen molar-refractivity contribution in [3.05, 3.63) is 36.0 Å². The predicted octanol–water partition coefficient (Wildman–Crippen LogP) is 5.34. The third kappa shape index (κ3) is 16.7. The minimum absolute atomic E-state index is 0.0272. The summed E-state index contributed by atoms with van der Waals surface area (Å²) in [5.41, 5.74) is 1.60. The number of rotatable bonds is 23. The van der Waals surface area contributed by atoms with E-state index >= 15 is 0 Å². The van der Waals surface area contributed by atoms with E-state index < -0.39 is 6.29 Å². The Balaban J connectivity index is 2.16. The van der Waals surface area contributed by atoms with Gasteiger partial charge >= 0.3 is 0 Å². The highest BCUT2D eigenvalue weighted by atomic mass is 16.7. The molecule has 0 amide bonds. The Hall–Kier alpha value is -1.02. The number of ether oxygens (including phenoxy) is 3. The van der Waals surface area contributed by atoms with Crippen molar-refractivity contribution in [3.8, 4) is 0 Å². The van der Waals surface area contributed by atoms with Crippen LogP contribution in [0.3, 0.4) is 0 Å². The number of likely N-dealkylation sites (N-methyl/N-ethyl adjacent to an activating group) is 1. The van der Waals surface area contributed by atoms with Crippen LogP contribution in [0.15, 0.2) is 36.0 Å². The van der Waals surface area contributed by atoms with Crippen molar-refractivity contribution in [1.29, 1.82) is 0 Å². The lowest BCUT2D eigenvalue weighted by atomic mass is 9.91. The van der Waals surface area contributed by atoms with E-state index in [0.29, 0.717) is 0 Å². The molecule has 1 saturated heterocycles. The second-order valence-electron chi connectivity index (χ2n) is 10.6. The fourth-order valence-corrected chi connectivity index (χ4v) is 4.00. The number of nitrogens with zero attached hydrogens (tertiary/aromatic N) is 1. The minimum atomic E-state index is -0.573. The van der Waals surface area contributed by atoms with E-state index in [9.17, 15) is 5.11 Å². The van der Waals surface area contributed by atoms with E-state index in [0.717, 1.165) is 91.1 Å². The topological polar surface area (TPSA) is 66.5 Å². The van der Waals surface area contributed by atoms with E-state index in [1.165, 1.54) is 5.57 Å². The number of hydrogen-bond donors (Lipinski definition) is 2. The lowest BCUT2D eigenvalue weighted by Crippen LogP contribution is -2.36. The molecule has 6 heteroatoms. The van der Waals surface area contributed by atoms with Crippen molar-refractivity contribution in [2.45, 2.75) is 85.5 Å². The van der Waals surface area contributed by atoms with Crippen LogP contribution < -0.4 is 5.32 Å². The summed E-state index contributed by atoms with van der Waals surface area (Å²) >= 11 is 0. The monoisotopic (exact) mass is 508 g/mol. The van der Waals surface area contributed by atoms with Crippen molar-refractivity contribution in [2.75, 3.05) is 59.7 Å². The predicted molar refractivity (Wildman–Crippen MR) is 151 cm³/mol. The number of aliphatic hydroxyl groups excluding tert-OH is 1. The molecule has 0 aliphatic carbocycles. The lowest BCUT2D eigenvalue weighted by molar-refractivity contribution is 0.130. The Morgan fingerprint density at radius 2 is 1.81 bits per heavy atom. The zero-order valence-electron chi connectivity index (χ0n) is 24.1. The van der Waals surface area contributed by atoms with Crippen molar-refractivity contribution in [1.82, 2.24) is 10.2 Å². The molecule has 1 aliphatic heterocycles. The molecule has 36 heavy (non-hydrogen) atoms. The van der Waals surface area contributed by atoms with Gasteiger partial charge in [0.05, 0.1) is 0 Å². The zero-order valence-corrected chi connectivity index (χ0v) is 24.1. The zero-order chi connectivity index (χ0) is 26.7. The van der Waals surface area contributed by atoms with Crippen LogP contribution in [0.25, 0.3) is 0 Å². The smallest absolute Gasteiger partial charge is 0.182 e. The third-order valence-corrected chi connectivity index (χ3v) is 6.62. The first-order valence-corrected chi connectivity index (χ1v) is 14.2. The first-order valence-electron chi connectivity index (χ1n) is 14.2. The van der Waals surface area contributed by atoms with Gasteiger partial charge in [-0.1, -0.05) is 70.6 Å². The normalized spacial score (nSPS) is 19.7. The van der Waals surface area contributed by atoms with Gasteiger partial charge in [-0.15, -0.1) is 0 Å². The maximum Gasteiger partial charge on any atom is 0.182 e. The molecule has 0 saturated carbocycles. The van der Waals surface area contributed by atoms with Gasteiger partial charge in [-0.3, -0.25) is 4.90 Å². The first kappa shape index (κ1) is 33.0. The molecule has 0 aromatic heterocycles. The molecule has 0 aromatic carbocycles. The maximum absolute atomic E-state index is 9.40. The fourth-order valence-electron chi connectivity index (χ4n) is 4.00. The van der Waals surface area contributed by atoms with Gasteiger partial charge in [-0.25, -0.2) is 0 Å². The second kappa shape index (κ2) is 20.0. The SMILES string of the molecule is CC/C(=C\CCCOCCC/C=C\CCOC)CN(CC)CCNCC(C)(C)/C=C\C(C)[C@@H]1O[C@@H]1O. The molecule has 1 fully saturated rings. The van der Waals surface area contributed by atoms with Crippen LogP contribution in [-0.4, -0.2) is 82.1 Å². The molecule has 0 aromatic rings. The second-order valence-corrected chi connectivity index (χ2v) is 10.6. The van der Waals surface area contributed by atoms with E-state index in [1.807, 2.05) is 0 Å². The van der Waals surface area contributed by atoms with Crippen molar-refractivity contribution in [2.24, 2.45) is 11.3 Å². The van der Waals surface area contributed by atoms with Crippen LogP contribution in [0, 0.1) is 11.3 Å². The summed E-state index contributed by atoms with van der Waals surface area (Å²) in [6.07, 6.45) is 17.1. The van der Waals surface area contributed by atoms with Gasteiger partial charge < -0.3 is 24.6 Å². The largest absolute Gasteiger partial charge is 0.384 e. The van der Waals surface area contributed by atoms with E-state index in [1.54, 1.807) is 7.11 Å². The molecule has 1 unspecified atom stereocenters. The van der Waals surface area contributed by atoms with Gasteiger partial charge in [0.2, 0.25) is 0 Å². The molecule has 1 aliphatic rings. The highest BCUT2D eigenvalue weighted by Crippen LogP contribution is 2.29. The summed E-state index contributed by atoms with van der Waals surface area (Å²) in [4.78, 5) is 2.52. The van der Waals surface area contributed by atoms with Gasteiger partial charge in [0.1, 0.15) is 6.10 Å². The fraction of sp³-hybridized carbons (Fsp3) is 0.800. The molecule has 0 radical (unpaired) electrons. The molecule has 1 rings (SSSR count). The average Bonchev–Trinajstić information content (AvgIpc) is 3.60. The quantitative estimate of drug-likeness (QED) is 0.110. The molecule has 1 heterocycles. The molecular formula is C30H56N2O4. The number of aliphatic hydroxyl groups is 1. The van der Waals surface area contributed by atoms with Crippen molar-refractivity contribution < 1.29 is 19.3 Å². The molecule has 0 bridgehead atoms. The standard InChI is InChI=1S/C30H56N2O4/c1-7-27(16-12-15-23-35-22-14-11-9-10-13-21-34-6)24-32(8-2)20-19-31-25-30(4,5)18-17-26(3)28-29(33)36-28/h9-10,16-18,26,28-29,31,33H,7-8,11-15,19-25H2,1-6H3/b10-9-,18-17-,27-16+/t26?,28-,29-/m0/s1. The Morgan fingerprint density at radius 3 is 2.44 bits per heavy atom. The number of nitrogens with one attached hydrogen (secondary N) is 1. The van der Waals surface area contributed by atoms with Crippen LogP contribution in [0.4, 0.5) is 0 Å². The molecule has 0 spiro atoms. The van der Waals surface area contributed by atoms with Crippen LogP contribution in [0.5, 0.6) is 0 Å². The highest BCUT2D eigenvalue weighted by Gasteiger charge is 2.40. The lowest BCUT2D eigenvalue weighted by Gasteiger charge is -2.25. The summed E-state index contributed by atoms with van der Waals surface area (Å²) in [6, 6.07) is 0. The van der Waals surface area contributed by atoms with E-state index in [4.69, 9.17) is 14.2 Å². The highest BCUT2D eigenvalue weighted by molar-refractivity contribution is 5.04. The number of unbranched alkanes of at least 4 members (excludes halogenated alkanes) is 2. The number of hydrogen-bond acceptors (Lipinski definition) is 6. The van der Waals surface area contributed by atoms with Crippen LogP contribution in [0.2, 0.25) is 0 Å². The maximum atomic E-state index is 9.40. The molecule has 210 valence electrons. The van der Waals surface area contributed by atoms with Crippen LogP contribution in [-0.2, 0) is 14.2 Å².